The summed E-state index contributed by atoms with van der Waals surface area (Å²) in [6.45, 7) is 4.43. The number of hydrogen-bond donors (Lipinski definition) is 0. The third-order valence-electron chi connectivity index (χ3n) is 5.10. The molecule has 3 aromatic rings. The van der Waals surface area contributed by atoms with Crippen LogP contribution in [-0.4, -0.2) is 11.6 Å². The summed E-state index contributed by atoms with van der Waals surface area (Å²) < 4.78 is 4.59. The van der Waals surface area contributed by atoms with Gasteiger partial charge >= 0.3 is 0 Å². The smallest absolute Gasteiger partial charge is 0.213 e. The van der Waals surface area contributed by atoms with Crippen LogP contribution in [0.2, 0.25) is 0 Å². The summed E-state index contributed by atoms with van der Waals surface area (Å²) in [5, 5.41) is 3.95. The average molecular weight is 301 g/mol. The van der Waals surface area contributed by atoms with Gasteiger partial charge in [-0.2, -0.15) is 4.58 Å². The molecule has 0 aliphatic carbocycles. The van der Waals surface area contributed by atoms with Crippen molar-refractivity contribution in [2.45, 2.75) is 13.8 Å². The number of benzene rings is 2. The Balaban J connectivity index is 2.02. The van der Waals surface area contributed by atoms with Crippen molar-refractivity contribution in [3.63, 3.8) is 0 Å². The van der Waals surface area contributed by atoms with Crippen molar-refractivity contribution >= 4 is 22.6 Å². The number of hydrogen-bond acceptors (Lipinski definition) is 0. The van der Waals surface area contributed by atoms with Crippen molar-refractivity contribution in [1.29, 1.82) is 0 Å². The largest absolute Gasteiger partial charge is 0.344 e. The molecule has 0 spiro atoms. The van der Waals surface area contributed by atoms with Crippen LogP contribution in [0.15, 0.2) is 54.2 Å². The van der Waals surface area contributed by atoms with Crippen LogP contribution in [0.1, 0.15) is 18.2 Å². The molecule has 2 heteroatoms. The molecule has 23 heavy (non-hydrogen) atoms. The minimum absolute atomic E-state index is 1.28. The maximum Gasteiger partial charge on any atom is 0.213 e. The first-order chi connectivity index (χ1) is 11.1. The van der Waals surface area contributed by atoms with Crippen molar-refractivity contribution in [3.05, 3.63) is 76.1 Å². The highest BCUT2D eigenvalue weighted by atomic mass is 15.0. The van der Waals surface area contributed by atoms with E-state index in [1.54, 1.807) is 0 Å². The van der Waals surface area contributed by atoms with Gasteiger partial charge in [-0.15, -0.1) is 0 Å². The molecule has 0 saturated heterocycles. The second kappa shape index (κ2) is 4.95. The summed E-state index contributed by atoms with van der Waals surface area (Å²) >= 11 is 0. The van der Waals surface area contributed by atoms with E-state index in [0.717, 1.165) is 0 Å². The van der Waals surface area contributed by atoms with Crippen molar-refractivity contribution in [1.82, 2.24) is 9.14 Å². The predicted molar refractivity (Wildman–Crippen MR) is 97.6 cm³/mol. The molecule has 2 aromatic carbocycles. The van der Waals surface area contributed by atoms with Crippen LogP contribution in [0.5, 0.6) is 0 Å². The lowest BCUT2D eigenvalue weighted by molar-refractivity contribution is 0.856. The highest BCUT2D eigenvalue weighted by Crippen LogP contribution is 2.27. The number of rotatable bonds is 1. The van der Waals surface area contributed by atoms with Crippen LogP contribution in [0.4, 0.5) is 0 Å². The lowest BCUT2D eigenvalue weighted by Gasteiger charge is -2.02. The van der Waals surface area contributed by atoms with Crippen molar-refractivity contribution in [2.24, 2.45) is 7.05 Å². The Morgan fingerprint density at radius 3 is 2.39 bits per heavy atom. The second-order valence-electron chi connectivity index (χ2n) is 6.32. The third kappa shape index (κ3) is 1.91. The van der Waals surface area contributed by atoms with E-state index in [-0.39, 0.29) is 0 Å². The minimum atomic E-state index is 1.28. The van der Waals surface area contributed by atoms with Crippen LogP contribution in [-0.2, 0) is 7.05 Å². The zero-order valence-corrected chi connectivity index (χ0v) is 14.1. The molecule has 0 atom stereocenters. The number of nitrogens with zero attached hydrogens (tertiary/aromatic N) is 2. The molecular formula is C21H21N2+. The van der Waals surface area contributed by atoms with E-state index < -0.39 is 0 Å². The van der Waals surface area contributed by atoms with E-state index >= 15 is 0 Å². The van der Waals surface area contributed by atoms with Crippen LogP contribution < -0.4 is 15.2 Å². The number of aromatic nitrogens is 1. The van der Waals surface area contributed by atoms with Gasteiger partial charge in [0.1, 0.15) is 7.05 Å². The van der Waals surface area contributed by atoms with Gasteiger partial charge in [0, 0.05) is 35.7 Å². The Bertz CT molecular complexity index is 1010. The monoisotopic (exact) mass is 301 g/mol. The van der Waals surface area contributed by atoms with Crippen LogP contribution in [0.25, 0.3) is 22.6 Å². The standard InChI is InChI=1S/C21H21N2/c1-14-16-9-5-7-11-18(16)22(3)20(14)13-21-15(2)17-10-6-8-12-19(17)23(21)4/h5-13H,1-4H3/q+1. The minimum Gasteiger partial charge on any atom is -0.344 e. The predicted octanol–water partition coefficient (Wildman–Crippen LogP) is 2.83. The van der Waals surface area contributed by atoms with Crippen molar-refractivity contribution in [3.8, 4) is 0 Å². The number of aryl methyl sites for hydroxylation is 2. The second-order valence-corrected chi connectivity index (χ2v) is 6.32. The molecule has 0 radical (unpaired) electrons. The van der Waals surface area contributed by atoms with E-state index in [0.29, 0.717) is 0 Å². The molecule has 114 valence electrons. The third-order valence-corrected chi connectivity index (χ3v) is 5.10. The number of fused-ring (bicyclic) bond motifs is 2. The molecule has 0 unspecified atom stereocenters. The lowest BCUT2D eigenvalue weighted by Crippen LogP contribution is -2.30. The molecule has 1 aliphatic heterocycles. The Labute approximate surface area is 136 Å². The molecule has 0 bridgehead atoms. The average Bonchev–Trinajstić information content (AvgIpc) is 2.97. The zero-order valence-electron chi connectivity index (χ0n) is 14.1. The van der Waals surface area contributed by atoms with E-state index in [1.165, 1.54) is 44.0 Å². The van der Waals surface area contributed by atoms with E-state index in [2.05, 4.69) is 91.7 Å². The summed E-state index contributed by atoms with van der Waals surface area (Å²) in [6, 6.07) is 17.2. The molecule has 0 saturated carbocycles. The summed E-state index contributed by atoms with van der Waals surface area (Å²) in [6.07, 6.45) is 2.32. The topological polar surface area (TPSA) is 7.94 Å². The molecule has 2 heterocycles. The van der Waals surface area contributed by atoms with E-state index in [9.17, 15) is 0 Å². The van der Waals surface area contributed by atoms with Crippen LogP contribution >= 0.6 is 0 Å². The summed E-state index contributed by atoms with van der Waals surface area (Å²) in [4.78, 5) is 0. The molecule has 0 N–H and O–H groups in total. The van der Waals surface area contributed by atoms with Gasteiger partial charge in [-0.3, -0.25) is 0 Å². The van der Waals surface area contributed by atoms with Crippen molar-refractivity contribution in [2.75, 3.05) is 7.05 Å². The molecule has 4 rings (SSSR count). The van der Waals surface area contributed by atoms with Gasteiger partial charge < -0.3 is 4.57 Å². The summed E-state index contributed by atoms with van der Waals surface area (Å²) in [5.41, 5.74) is 6.52. The molecule has 1 aliphatic rings. The normalized spacial score (nSPS) is 15.7. The molecule has 1 aromatic heterocycles. The summed E-state index contributed by atoms with van der Waals surface area (Å²) in [7, 11) is 4.30. The fourth-order valence-electron chi connectivity index (χ4n) is 3.74. The highest BCUT2D eigenvalue weighted by Gasteiger charge is 2.22. The molecular weight excluding hydrogens is 280 g/mol. The number of allylic oxidation sites excluding steroid dienone is 1. The van der Waals surface area contributed by atoms with Gasteiger partial charge in [0.05, 0.1) is 10.9 Å². The molecule has 0 amide bonds. The van der Waals surface area contributed by atoms with Gasteiger partial charge in [0.25, 0.3) is 0 Å². The first-order valence-corrected chi connectivity index (χ1v) is 8.02. The maximum atomic E-state index is 2.32. The van der Waals surface area contributed by atoms with E-state index in [1.807, 2.05) is 0 Å². The van der Waals surface area contributed by atoms with Gasteiger partial charge in [-0.05, 0) is 31.5 Å². The first kappa shape index (κ1) is 14.0. The fourth-order valence-corrected chi connectivity index (χ4v) is 3.74. The highest BCUT2D eigenvalue weighted by molar-refractivity contribution is 5.89. The molecule has 2 nitrogen and oxygen atoms in total. The van der Waals surface area contributed by atoms with Crippen LogP contribution in [0, 0.1) is 6.92 Å². The van der Waals surface area contributed by atoms with Gasteiger partial charge in [-0.25, -0.2) is 0 Å². The lowest BCUT2D eigenvalue weighted by atomic mass is 10.1. The quantitative estimate of drug-likeness (QED) is 0.611. The Morgan fingerprint density at radius 2 is 1.65 bits per heavy atom. The fraction of sp³-hybridized carbons (Fsp3) is 0.190. The zero-order chi connectivity index (χ0) is 16.1. The summed E-state index contributed by atoms with van der Waals surface area (Å²) in [5.74, 6) is 0. The number of para-hydroxylation sites is 2. The van der Waals surface area contributed by atoms with E-state index in [4.69, 9.17) is 0 Å². The Kier molecular flexibility index (Phi) is 3.02. The Morgan fingerprint density at radius 1 is 0.957 bits per heavy atom. The van der Waals surface area contributed by atoms with Gasteiger partial charge in [0.2, 0.25) is 11.1 Å². The first-order valence-electron chi connectivity index (χ1n) is 8.02. The Hall–Kier alpha value is -2.61. The van der Waals surface area contributed by atoms with Crippen LogP contribution in [0.3, 0.4) is 0 Å². The maximum absolute atomic E-state index is 2.32. The SMILES string of the molecule is CC1=c2ccccc2=[N+](C)/C1=C/c1c(C)c2ccccc2n1C. The van der Waals surface area contributed by atoms with Crippen molar-refractivity contribution < 1.29 is 0 Å². The van der Waals surface area contributed by atoms with Gasteiger partial charge in [-0.1, -0.05) is 30.3 Å². The molecule has 0 fully saturated rings. The van der Waals surface area contributed by atoms with Gasteiger partial charge in [0.15, 0.2) is 0 Å².